The number of nitrogens with zero attached hydrogens (tertiary/aromatic N) is 4. The van der Waals surface area contributed by atoms with Crippen LogP contribution in [0.5, 0.6) is 11.5 Å². The number of benzene rings is 2. The number of fused-ring (bicyclic) bond motifs is 10. The Bertz CT molecular complexity index is 2870. The smallest absolute Gasteiger partial charge is 0.410 e. The topological polar surface area (TPSA) is 140 Å². The maximum atomic E-state index is 13.3. The molecule has 14 atom stereocenters. The zero-order valence-electron chi connectivity index (χ0n) is 57.8. The SMILES string of the molecule is C[C@]12CC[C@@H]3c4ccc(OC(=O)N5CCC(N6CCCCC6)CC5)cc4C[C@@H](CCCS(=O)CCCC(F)(F)C(F)(F)F)[C@H]3[C@@H]1CC[C@@H]2O.C[C@]12CC[C@@H]3c4ccc(OC(=O)N5CCC(N6CCCCC6)CC5)cc4C[C@@H](CCCS(=O)CCCC(F)(F)C(F)(F)F)[C@H]3[C@@H]1CC[C@@H]2O.Cl. The highest BCUT2D eigenvalue weighted by molar-refractivity contribution is 7.85. The van der Waals surface area contributed by atoms with E-state index in [1.807, 2.05) is 34.1 Å². The third-order valence-electron chi connectivity index (χ3n) is 25.8. The van der Waals surface area contributed by atoms with Gasteiger partial charge < -0.3 is 39.3 Å². The number of alkyl halides is 10. The summed E-state index contributed by atoms with van der Waals surface area (Å²) in [5.74, 6) is -5.88. The van der Waals surface area contributed by atoms with Crippen LogP contribution in [0.1, 0.15) is 215 Å². The summed E-state index contributed by atoms with van der Waals surface area (Å²) in [5, 5.41) is 22.0. The molecule has 10 aliphatic rings. The number of aliphatic hydroxyl groups is 2. The molecule has 12 nitrogen and oxygen atoms in total. The van der Waals surface area contributed by atoms with Crippen LogP contribution in [0.3, 0.4) is 0 Å². The fraction of sp³-hybridized carbons (Fsp3) is 0.811. The lowest BCUT2D eigenvalue weighted by Gasteiger charge is -2.53. The van der Waals surface area contributed by atoms with Gasteiger partial charge >= 0.3 is 36.4 Å². The molecule has 4 saturated carbocycles. The summed E-state index contributed by atoms with van der Waals surface area (Å²) in [5.41, 5.74) is 4.55. The molecule has 2 amide bonds. The lowest BCUT2D eigenvalue weighted by molar-refractivity contribution is -0.284. The second-order valence-corrected chi connectivity index (χ2v) is 34.9. The highest BCUT2D eigenvalue weighted by Gasteiger charge is 2.60. The van der Waals surface area contributed by atoms with E-state index in [2.05, 4.69) is 35.8 Å². The van der Waals surface area contributed by atoms with Crippen LogP contribution < -0.4 is 9.47 Å². The standard InChI is InChI=1S/2C37H53F5N2O4S.ClH/c2*1-35-16-12-30-29-9-8-28(48-34(46)44-19-13-27(14-20-44)43-17-3-2-4-18-43)24-26(29)23-25(33(30)31(35)10-11-32(35)45)7-5-21-49(47)22-6-15-36(38,39)37(40,41)42;/h2*8-9,24-25,27,30-33,45H,2-7,10-23H2,1H3;1H/t2*25-,30-,31+,32+,33-,35+,49?;/m11./s1. The minimum absolute atomic E-state index is 0. The Kier molecular flexibility index (Phi) is 26.1. The van der Waals surface area contributed by atoms with Crippen molar-refractivity contribution >= 4 is 46.2 Å². The Hall–Kier alpha value is -3.29. The molecule has 2 unspecified atom stereocenters. The molecule has 6 aliphatic carbocycles. The van der Waals surface area contributed by atoms with Gasteiger partial charge in [0.15, 0.2) is 0 Å². The maximum absolute atomic E-state index is 13.3. The molecule has 4 saturated heterocycles. The number of carbonyl (C=O) groups is 2. The Balaban J connectivity index is 0.000000212. The van der Waals surface area contributed by atoms with Gasteiger partial charge in [-0.15, -0.1) is 12.4 Å². The summed E-state index contributed by atoms with van der Waals surface area (Å²) in [6.45, 7) is 11.8. The fourth-order valence-electron chi connectivity index (χ4n) is 20.3. The van der Waals surface area contributed by atoms with E-state index in [1.54, 1.807) is 0 Å². The Morgan fingerprint density at radius 2 is 0.848 bits per heavy atom. The molecule has 4 heterocycles. The van der Waals surface area contributed by atoms with Gasteiger partial charge in [-0.2, -0.15) is 43.9 Å². The van der Waals surface area contributed by atoms with Crippen LogP contribution in [-0.2, 0) is 34.4 Å². The van der Waals surface area contributed by atoms with Gasteiger partial charge in [-0.3, -0.25) is 8.42 Å². The van der Waals surface area contributed by atoms with Gasteiger partial charge in [0.05, 0.1) is 12.2 Å². The molecule has 2 aromatic rings. The van der Waals surface area contributed by atoms with Gasteiger partial charge in [0.25, 0.3) is 0 Å². The number of aliphatic hydroxyl groups excluding tert-OH is 2. The average molecular weight is 1470 g/mol. The second kappa shape index (κ2) is 33.0. The van der Waals surface area contributed by atoms with E-state index in [-0.39, 0.29) is 82.5 Å². The summed E-state index contributed by atoms with van der Waals surface area (Å²) >= 11 is 0. The van der Waals surface area contributed by atoms with Crippen molar-refractivity contribution in [3.63, 3.8) is 0 Å². The van der Waals surface area contributed by atoms with Crippen molar-refractivity contribution in [3.05, 3.63) is 58.7 Å². The quantitative estimate of drug-likeness (QED) is 0.123. The molecule has 8 fully saturated rings. The molecule has 0 aromatic heterocycles. The molecule has 2 N–H and O–H groups in total. The molecule has 99 heavy (non-hydrogen) atoms. The van der Waals surface area contributed by atoms with Crippen molar-refractivity contribution in [2.24, 2.45) is 46.3 Å². The van der Waals surface area contributed by atoms with Crippen LogP contribution in [0, 0.1) is 46.3 Å². The minimum atomic E-state index is -5.59. The molecule has 0 bridgehead atoms. The molecular weight excluding hydrogens is 1360 g/mol. The number of ether oxygens (including phenoxy) is 2. The van der Waals surface area contributed by atoms with Crippen LogP contribution in [0.25, 0.3) is 0 Å². The van der Waals surface area contributed by atoms with Crippen molar-refractivity contribution < 1.29 is 81.6 Å². The van der Waals surface area contributed by atoms with Crippen molar-refractivity contribution in [2.75, 3.05) is 75.4 Å². The van der Waals surface area contributed by atoms with Gasteiger partial charge in [-0.05, 0) is 285 Å². The molecule has 560 valence electrons. The first kappa shape index (κ1) is 78.3. The number of hydrogen-bond donors (Lipinski definition) is 2. The third-order valence-corrected chi connectivity index (χ3v) is 28.7. The molecule has 25 heteroatoms. The first-order chi connectivity index (χ1) is 46.5. The van der Waals surface area contributed by atoms with Crippen LogP contribution in [0.15, 0.2) is 36.4 Å². The fourth-order valence-corrected chi connectivity index (χ4v) is 22.6. The summed E-state index contributed by atoms with van der Waals surface area (Å²) in [4.78, 5) is 35.2. The number of halogens is 11. The van der Waals surface area contributed by atoms with Gasteiger partial charge in [-0.25, -0.2) is 9.59 Å². The zero-order valence-corrected chi connectivity index (χ0v) is 60.3. The van der Waals surface area contributed by atoms with E-state index in [0.717, 1.165) is 140 Å². The van der Waals surface area contributed by atoms with Crippen LogP contribution in [-0.4, -0.2) is 174 Å². The molecule has 4 aliphatic heterocycles. The summed E-state index contributed by atoms with van der Waals surface area (Å²) in [6, 6.07) is 13.2. The number of carbonyl (C=O) groups excluding carboxylic acids is 2. The van der Waals surface area contributed by atoms with Crippen molar-refractivity contribution in [1.29, 1.82) is 0 Å². The largest absolute Gasteiger partial charge is 0.453 e. The molecular formula is C74H107ClF10N4O8S2. The number of rotatable bonds is 20. The number of hydrogen-bond acceptors (Lipinski definition) is 10. The van der Waals surface area contributed by atoms with Gasteiger partial charge in [-0.1, -0.05) is 38.8 Å². The predicted octanol–water partition coefficient (Wildman–Crippen LogP) is 16.6. The number of piperidine rings is 4. The average Bonchev–Trinajstić information content (AvgIpc) is 1.70. The Labute approximate surface area is 590 Å². The predicted molar refractivity (Wildman–Crippen MR) is 366 cm³/mol. The van der Waals surface area contributed by atoms with Gasteiger partial charge in [0.2, 0.25) is 0 Å². The van der Waals surface area contributed by atoms with Crippen LogP contribution in [0.4, 0.5) is 53.5 Å². The lowest BCUT2D eigenvalue weighted by Crippen LogP contribution is -2.48. The third kappa shape index (κ3) is 18.0. The van der Waals surface area contributed by atoms with E-state index in [4.69, 9.17) is 9.47 Å². The van der Waals surface area contributed by atoms with Crippen molar-refractivity contribution in [2.45, 2.75) is 254 Å². The normalized spacial score (nSPS) is 31.6. The van der Waals surface area contributed by atoms with Crippen molar-refractivity contribution in [1.82, 2.24) is 19.6 Å². The molecule has 12 rings (SSSR count). The van der Waals surface area contributed by atoms with E-state index >= 15 is 0 Å². The minimum Gasteiger partial charge on any atom is -0.410 e. The van der Waals surface area contributed by atoms with Gasteiger partial charge in [0, 0.05) is 95.7 Å². The summed E-state index contributed by atoms with van der Waals surface area (Å²) < 4.78 is 166. The van der Waals surface area contributed by atoms with E-state index in [0.29, 0.717) is 98.1 Å². The van der Waals surface area contributed by atoms with E-state index in [9.17, 15) is 72.1 Å². The van der Waals surface area contributed by atoms with E-state index in [1.165, 1.54) is 49.7 Å². The highest BCUT2D eigenvalue weighted by atomic mass is 35.5. The molecule has 0 spiro atoms. The van der Waals surface area contributed by atoms with Crippen molar-refractivity contribution in [3.8, 4) is 11.5 Å². The summed E-state index contributed by atoms with van der Waals surface area (Å²) in [6.07, 6.45) is 6.80. The maximum Gasteiger partial charge on any atom is 0.453 e. The Morgan fingerprint density at radius 1 is 0.495 bits per heavy atom. The zero-order chi connectivity index (χ0) is 70.0. The number of likely N-dealkylation sites (tertiary alicyclic amines) is 4. The molecule has 2 aromatic carbocycles. The van der Waals surface area contributed by atoms with Crippen LogP contribution in [0.2, 0.25) is 0 Å². The Morgan fingerprint density at radius 3 is 1.20 bits per heavy atom. The lowest BCUT2D eigenvalue weighted by atomic mass is 9.52. The monoisotopic (exact) mass is 1470 g/mol. The van der Waals surface area contributed by atoms with Gasteiger partial charge in [0.1, 0.15) is 11.5 Å². The first-order valence-electron chi connectivity index (χ1n) is 37.2. The first-order valence-corrected chi connectivity index (χ1v) is 40.1. The van der Waals surface area contributed by atoms with E-state index < -0.39 is 71.5 Å². The highest BCUT2D eigenvalue weighted by Crippen LogP contribution is 2.65. The summed E-state index contributed by atoms with van der Waals surface area (Å²) in [7, 11) is -2.97. The number of amides is 2. The van der Waals surface area contributed by atoms with Crippen LogP contribution >= 0.6 is 12.4 Å². The second-order valence-electron chi connectivity index (χ2n) is 31.5. The molecule has 0 radical (unpaired) electrons.